The van der Waals surface area contributed by atoms with Crippen LogP contribution in [0.1, 0.15) is 46.7 Å². The van der Waals surface area contributed by atoms with E-state index in [2.05, 4.69) is 49.2 Å². The predicted molar refractivity (Wildman–Crippen MR) is 84.7 cm³/mol. The molecule has 0 fully saturated rings. The molecule has 4 nitrogen and oxygen atoms in total. The molecule has 2 unspecified atom stereocenters. The van der Waals surface area contributed by atoms with Gasteiger partial charge in [0.1, 0.15) is 5.52 Å². The lowest BCUT2D eigenvalue weighted by Crippen LogP contribution is -2.19. The van der Waals surface area contributed by atoms with Crippen LogP contribution >= 0.6 is 11.6 Å². The Bertz CT molecular complexity index is 583. The molecule has 0 aromatic carbocycles. The van der Waals surface area contributed by atoms with Crippen LogP contribution in [0, 0.1) is 0 Å². The van der Waals surface area contributed by atoms with Gasteiger partial charge in [0, 0.05) is 29.2 Å². The summed E-state index contributed by atoms with van der Waals surface area (Å²) in [6, 6.07) is 2.38. The van der Waals surface area contributed by atoms with Crippen LogP contribution in [-0.2, 0) is 5.41 Å². The summed E-state index contributed by atoms with van der Waals surface area (Å²) < 4.78 is 1.88. The number of halogens is 1. The van der Waals surface area contributed by atoms with Crippen LogP contribution in [0.25, 0.3) is 5.52 Å². The van der Waals surface area contributed by atoms with Crippen LogP contribution in [0.3, 0.4) is 0 Å². The second-order valence-corrected chi connectivity index (χ2v) is 7.19. The number of alkyl halides is 1. The van der Waals surface area contributed by atoms with E-state index in [0.29, 0.717) is 0 Å². The smallest absolute Gasteiger partial charge is 0.152 e. The SMILES string of the molecule is CC(Cl)CC(C)Nc1nccn2nc(C(C)(C)C)cc12. The van der Waals surface area contributed by atoms with Gasteiger partial charge >= 0.3 is 0 Å². The van der Waals surface area contributed by atoms with Crippen molar-refractivity contribution < 1.29 is 0 Å². The number of nitrogens with one attached hydrogen (secondary N) is 1. The Kier molecular flexibility index (Phi) is 4.23. The molecule has 2 aromatic rings. The molecule has 2 aromatic heterocycles. The number of hydrogen-bond donors (Lipinski definition) is 1. The number of hydrogen-bond acceptors (Lipinski definition) is 3. The highest BCUT2D eigenvalue weighted by Gasteiger charge is 2.19. The topological polar surface area (TPSA) is 42.2 Å². The highest BCUT2D eigenvalue weighted by molar-refractivity contribution is 6.20. The van der Waals surface area contributed by atoms with E-state index in [0.717, 1.165) is 23.4 Å². The van der Waals surface area contributed by atoms with Gasteiger partial charge in [-0.1, -0.05) is 20.8 Å². The maximum absolute atomic E-state index is 6.04. The van der Waals surface area contributed by atoms with Crippen LogP contribution in [0.4, 0.5) is 5.82 Å². The second-order valence-electron chi connectivity index (χ2n) is 6.45. The first kappa shape index (κ1) is 15.1. The van der Waals surface area contributed by atoms with Gasteiger partial charge < -0.3 is 5.32 Å². The number of rotatable bonds is 4. The van der Waals surface area contributed by atoms with Gasteiger partial charge in [-0.2, -0.15) is 5.10 Å². The normalized spacial score (nSPS) is 15.3. The minimum Gasteiger partial charge on any atom is -0.366 e. The van der Waals surface area contributed by atoms with Gasteiger partial charge in [0.15, 0.2) is 5.82 Å². The number of nitrogens with zero attached hydrogens (tertiary/aromatic N) is 3. The van der Waals surface area contributed by atoms with Gasteiger partial charge in [-0.05, 0) is 26.3 Å². The summed E-state index contributed by atoms with van der Waals surface area (Å²) in [5.74, 6) is 0.861. The molecule has 0 spiro atoms. The first-order chi connectivity index (χ1) is 9.27. The van der Waals surface area contributed by atoms with Gasteiger partial charge in [0.25, 0.3) is 0 Å². The third-order valence-electron chi connectivity index (χ3n) is 3.22. The molecular formula is C15H23ClN4. The number of anilines is 1. The Hall–Kier alpha value is -1.29. The van der Waals surface area contributed by atoms with E-state index in [4.69, 9.17) is 11.6 Å². The summed E-state index contributed by atoms with van der Waals surface area (Å²) in [4.78, 5) is 4.43. The largest absolute Gasteiger partial charge is 0.366 e. The third kappa shape index (κ3) is 3.42. The standard InChI is InChI=1S/C15H23ClN4/c1-10(16)8-11(2)18-14-12-9-13(15(3,4)5)19-20(12)7-6-17-14/h6-7,9-11H,8H2,1-5H3,(H,17,18). The summed E-state index contributed by atoms with van der Waals surface area (Å²) >= 11 is 6.04. The molecule has 5 heteroatoms. The molecule has 0 radical (unpaired) electrons. The Morgan fingerprint density at radius 1 is 1.35 bits per heavy atom. The fourth-order valence-corrected chi connectivity index (χ4v) is 2.45. The van der Waals surface area contributed by atoms with Gasteiger partial charge in [-0.3, -0.25) is 0 Å². The van der Waals surface area contributed by atoms with Gasteiger partial charge in [-0.25, -0.2) is 9.50 Å². The molecule has 2 atom stereocenters. The average molecular weight is 295 g/mol. The molecule has 2 rings (SSSR count). The summed E-state index contributed by atoms with van der Waals surface area (Å²) in [6.07, 6.45) is 4.54. The molecule has 0 aliphatic heterocycles. The van der Waals surface area contributed by atoms with Crippen LogP contribution < -0.4 is 5.32 Å². The van der Waals surface area contributed by atoms with Crippen LogP contribution in [0.15, 0.2) is 18.5 Å². The lowest BCUT2D eigenvalue weighted by molar-refractivity contribution is 0.562. The van der Waals surface area contributed by atoms with Crippen LogP contribution in [0.2, 0.25) is 0 Å². The van der Waals surface area contributed by atoms with Crippen molar-refractivity contribution in [1.29, 1.82) is 0 Å². The highest BCUT2D eigenvalue weighted by Crippen LogP contribution is 2.25. The quantitative estimate of drug-likeness (QED) is 0.871. The van der Waals surface area contributed by atoms with Crippen LogP contribution in [0.5, 0.6) is 0 Å². The molecule has 110 valence electrons. The number of aromatic nitrogens is 3. The predicted octanol–water partition coefficient (Wildman–Crippen LogP) is 3.84. The van der Waals surface area contributed by atoms with Crippen molar-refractivity contribution >= 4 is 22.9 Å². The Morgan fingerprint density at radius 2 is 2.05 bits per heavy atom. The lowest BCUT2D eigenvalue weighted by Gasteiger charge is -2.16. The molecule has 2 heterocycles. The first-order valence-corrected chi connectivity index (χ1v) is 7.46. The van der Waals surface area contributed by atoms with E-state index >= 15 is 0 Å². The monoisotopic (exact) mass is 294 g/mol. The molecule has 0 aliphatic rings. The van der Waals surface area contributed by atoms with Crippen molar-refractivity contribution in [2.24, 2.45) is 0 Å². The molecule has 20 heavy (non-hydrogen) atoms. The first-order valence-electron chi connectivity index (χ1n) is 7.03. The summed E-state index contributed by atoms with van der Waals surface area (Å²) in [6.45, 7) is 10.6. The van der Waals surface area contributed by atoms with E-state index in [-0.39, 0.29) is 16.8 Å². The van der Waals surface area contributed by atoms with E-state index < -0.39 is 0 Å². The molecule has 0 saturated carbocycles. The minimum absolute atomic E-state index is 0.0273. The van der Waals surface area contributed by atoms with E-state index in [1.54, 1.807) is 6.20 Å². The van der Waals surface area contributed by atoms with E-state index in [1.807, 2.05) is 17.6 Å². The zero-order chi connectivity index (χ0) is 14.9. The molecule has 0 aliphatic carbocycles. The molecular weight excluding hydrogens is 272 g/mol. The fourth-order valence-electron chi connectivity index (χ4n) is 2.18. The zero-order valence-electron chi connectivity index (χ0n) is 12.8. The van der Waals surface area contributed by atoms with Crippen molar-refractivity contribution in [2.75, 3.05) is 5.32 Å². The van der Waals surface area contributed by atoms with Crippen molar-refractivity contribution in [3.05, 3.63) is 24.2 Å². The number of fused-ring (bicyclic) bond motifs is 1. The maximum atomic E-state index is 6.04. The minimum atomic E-state index is 0.0273. The fraction of sp³-hybridized carbons (Fsp3) is 0.600. The molecule has 1 N–H and O–H groups in total. The van der Waals surface area contributed by atoms with Crippen LogP contribution in [-0.4, -0.2) is 26.0 Å². The van der Waals surface area contributed by atoms with Crippen molar-refractivity contribution in [3.8, 4) is 0 Å². The Labute approximate surface area is 125 Å². The summed E-state index contributed by atoms with van der Waals surface area (Å²) in [5, 5.41) is 8.19. The highest BCUT2D eigenvalue weighted by atomic mass is 35.5. The molecule has 0 bridgehead atoms. The van der Waals surface area contributed by atoms with Crippen molar-refractivity contribution in [2.45, 2.75) is 57.9 Å². The zero-order valence-corrected chi connectivity index (χ0v) is 13.6. The van der Waals surface area contributed by atoms with Gasteiger partial charge in [0.2, 0.25) is 0 Å². The van der Waals surface area contributed by atoms with Crippen molar-refractivity contribution in [3.63, 3.8) is 0 Å². The third-order valence-corrected chi connectivity index (χ3v) is 3.40. The average Bonchev–Trinajstić information content (AvgIpc) is 2.72. The van der Waals surface area contributed by atoms with Gasteiger partial charge in [-0.15, -0.1) is 11.6 Å². The molecule has 0 saturated heterocycles. The van der Waals surface area contributed by atoms with Crippen molar-refractivity contribution in [1.82, 2.24) is 14.6 Å². The van der Waals surface area contributed by atoms with Gasteiger partial charge in [0.05, 0.1) is 5.69 Å². The Balaban J connectivity index is 2.32. The molecule has 0 amide bonds. The van der Waals surface area contributed by atoms with E-state index in [1.165, 1.54) is 0 Å². The summed E-state index contributed by atoms with van der Waals surface area (Å²) in [5.41, 5.74) is 2.10. The maximum Gasteiger partial charge on any atom is 0.152 e. The second kappa shape index (κ2) is 5.60. The lowest BCUT2D eigenvalue weighted by atomic mass is 9.92. The Morgan fingerprint density at radius 3 is 2.65 bits per heavy atom. The summed E-state index contributed by atoms with van der Waals surface area (Å²) in [7, 11) is 0. The van der Waals surface area contributed by atoms with E-state index in [9.17, 15) is 0 Å².